The topological polar surface area (TPSA) is 59.0 Å². The third-order valence-corrected chi connectivity index (χ3v) is 8.86. The Morgan fingerprint density at radius 3 is 2.52 bits per heavy atom. The van der Waals surface area contributed by atoms with Gasteiger partial charge in [-0.3, -0.25) is 9.69 Å². The minimum Gasteiger partial charge on any atom is -0.508 e. The van der Waals surface area contributed by atoms with Crippen LogP contribution in [0, 0.1) is 0 Å². The average Bonchev–Trinajstić information content (AvgIpc) is 3.65. The zero-order valence-electron chi connectivity index (χ0n) is 22.4. The highest BCUT2D eigenvalue weighted by atomic mass is 32.1. The van der Waals surface area contributed by atoms with Crippen LogP contribution in [-0.4, -0.2) is 42.0 Å². The summed E-state index contributed by atoms with van der Waals surface area (Å²) in [4.78, 5) is 17.3. The second-order valence-electron chi connectivity index (χ2n) is 10.4. The number of ketones is 1. The fraction of sp³-hybridized carbons (Fsp3) is 0.265. The van der Waals surface area contributed by atoms with Crippen molar-refractivity contribution in [1.29, 1.82) is 0 Å². The number of hydrogen-bond donors (Lipinski definition) is 1. The number of phenolic OH excluding ortho intramolecular Hbond substituents is 1. The van der Waals surface area contributed by atoms with E-state index in [9.17, 15) is 9.90 Å². The summed E-state index contributed by atoms with van der Waals surface area (Å²) in [5.74, 6) is 1.86. The number of fused-ring (bicyclic) bond motifs is 1. The Hall–Kier alpha value is -3.87. The van der Waals surface area contributed by atoms with Crippen molar-refractivity contribution in [3.05, 3.63) is 118 Å². The van der Waals surface area contributed by atoms with Crippen molar-refractivity contribution in [1.82, 2.24) is 4.90 Å². The van der Waals surface area contributed by atoms with E-state index in [4.69, 9.17) is 9.47 Å². The quantitative estimate of drug-likeness (QED) is 0.207. The van der Waals surface area contributed by atoms with Gasteiger partial charge in [-0.15, -0.1) is 11.3 Å². The van der Waals surface area contributed by atoms with Gasteiger partial charge in [0.15, 0.2) is 5.78 Å². The van der Waals surface area contributed by atoms with E-state index < -0.39 is 0 Å². The van der Waals surface area contributed by atoms with Gasteiger partial charge in [0, 0.05) is 38.6 Å². The van der Waals surface area contributed by atoms with Crippen molar-refractivity contribution in [2.75, 3.05) is 26.2 Å². The number of likely N-dealkylation sites (tertiary alicyclic amines) is 1. The molecule has 1 N–H and O–H groups in total. The van der Waals surface area contributed by atoms with Gasteiger partial charge in [0.1, 0.15) is 30.5 Å². The molecule has 1 atom stereocenters. The Morgan fingerprint density at radius 1 is 0.975 bits per heavy atom. The number of benzene rings is 3. The summed E-state index contributed by atoms with van der Waals surface area (Å²) in [6, 6.07) is 22.6. The van der Waals surface area contributed by atoms with E-state index in [-0.39, 0.29) is 17.5 Å². The molecule has 2 heterocycles. The second-order valence-corrected chi connectivity index (χ2v) is 11.4. The first-order valence-corrected chi connectivity index (χ1v) is 14.8. The normalized spacial score (nSPS) is 17.2. The van der Waals surface area contributed by atoms with Crippen LogP contribution in [-0.2, 0) is 11.3 Å². The highest BCUT2D eigenvalue weighted by Crippen LogP contribution is 2.42. The highest BCUT2D eigenvalue weighted by molar-refractivity contribution is 7.19. The number of carbonyl (C=O) groups is 1. The van der Waals surface area contributed by atoms with Crippen LogP contribution in [0.15, 0.2) is 96.8 Å². The van der Waals surface area contributed by atoms with Crippen molar-refractivity contribution in [2.45, 2.75) is 31.8 Å². The standard InChI is InChI=1S/C34H33NO4S/c36-27-12-8-25(9-13-27)33(37)32-30-17-16-29(39-23-24-6-2-1-3-7-24)22-31(30)40-34(32)26-10-14-28(15-11-26)38-21-20-35-18-4-5-19-35/h1-3,6-10,12-17,22,26,36H,4-5,11,18-21,23H2. The van der Waals surface area contributed by atoms with E-state index >= 15 is 0 Å². The predicted octanol–water partition coefficient (Wildman–Crippen LogP) is 7.46. The Labute approximate surface area is 239 Å². The van der Waals surface area contributed by atoms with Gasteiger partial charge in [-0.05, 0) is 92.5 Å². The molecule has 4 aromatic rings. The molecular formula is C34H33NO4S. The van der Waals surface area contributed by atoms with Gasteiger partial charge in [-0.25, -0.2) is 0 Å². The zero-order chi connectivity index (χ0) is 27.3. The maximum atomic E-state index is 13.8. The molecule has 5 nitrogen and oxygen atoms in total. The second kappa shape index (κ2) is 12.1. The van der Waals surface area contributed by atoms with E-state index in [1.165, 1.54) is 25.9 Å². The Kier molecular flexibility index (Phi) is 7.98. The Balaban J connectivity index is 1.25. The summed E-state index contributed by atoms with van der Waals surface area (Å²) in [5, 5.41) is 10.7. The molecule has 0 radical (unpaired) electrons. The SMILES string of the molecule is O=C(c1ccc(O)cc1)c1c(C2C=CC(OCCN3CCCC3)=CC2)sc2cc(OCc3ccccc3)ccc12. The van der Waals surface area contributed by atoms with Crippen LogP contribution in [0.3, 0.4) is 0 Å². The van der Waals surface area contributed by atoms with E-state index in [1.54, 1.807) is 35.6 Å². The van der Waals surface area contributed by atoms with E-state index in [2.05, 4.69) is 17.1 Å². The molecular weight excluding hydrogens is 518 g/mol. The summed E-state index contributed by atoms with van der Waals surface area (Å²) in [6.07, 6.45) is 9.69. The fourth-order valence-electron chi connectivity index (χ4n) is 5.38. The molecule has 0 bridgehead atoms. The summed E-state index contributed by atoms with van der Waals surface area (Å²) < 4.78 is 13.2. The maximum absolute atomic E-state index is 13.8. The van der Waals surface area contributed by atoms with Crippen molar-refractivity contribution >= 4 is 27.2 Å². The maximum Gasteiger partial charge on any atom is 0.194 e. The van der Waals surface area contributed by atoms with Crippen LogP contribution in [0.2, 0.25) is 0 Å². The molecule has 0 spiro atoms. The van der Waals surface area contributed by atoms with E-state index in [1.807, 2.05) is 54.6 Å². The lowest BCUT2D eigenvalue weighted by atomic mass is 9.91. The number of hydrogen-bond acceptors (Lipinski definition) is 6. The molecule has 1 aromatic heterocycles. The van der Waals surface area contributed by atoms with E-state index in [0.29, 0.717) is 18.8 Å². The van der Waals surface area contributed by atoms with Crippen molar-refractivity contribution in [2.24, 2.45) is 0 Å². The molecule has 0 saturated carbocycles. The van der Waals surface area contributed by atoms with Gasteiger partial charge in [0.25, 0.3) is 0 Å². The lowest BCUT2D eigenvalue weighted by molar-refractivity contribution is 0.103. The number of aromatic hydroxyl groups is 1. The molecule has 6 heteroatoms. The van der Waals surface area contributed by atoms with Crippen LogP contribution in [0.5, 0.6) is 11.5 Å². The summed E-state index contributed by atoms with van der Waals surface area (Å²) in [6.45, 7) is 4.48. The molecule has 40 heavy (non-hydrogen) atoms. The molecule has 1 aliphatic carbocycles. The Bertz CT molecular complexity index is 1530. The van der Waals surface area contributed by atoms with Crippen molar-refractivity contribution in [3.8, 4) is 11.5 Å². The third-order valence-electron chi connectivity index (χ3n) is 7.57. The summed E-state index contributed by atoms with van der Waals surface area (Å²) in [7, 11) is 0. The third kappa shape index (κ3) is 5.98. The summed E-state index contributed by atoms with van der Waals surface area (Å²) >= 11 is 1.65. The summed E-state index contributed by atoms with van der Waals surface area (Å²) in [5.41, 5.74) is 2.39. The van der Waals surface area contributed by atoms with Gasteiger partial charge in [0.2, 0.25) is 0 Å². The van der Waals surface area contributed by atoms with Crippen molar-refractivity contribution < 1.29 is 19.4 Å². The number of ether oxygens (including phenoxy) is 2. The van der Waals surface area contributed by atoms with Crippen LogP contribution >= 0.6 is 11.3 Å². The lowest BCUT2D eigenvalue weighted by Crippen LogP contribution is -2.23. The Morgan fingerprint density at radius 2 is 1.77 bits per heavy atom. The number of rotatable bonds is 10. The van der Waals surface area contributed by atoms with Gasteiger partial charge in [-0.2, -0.15) is 0 Å². The minimum atomic E-state index is -0.0377. The van der Waals surface area contributed by atoms with Crippen LogP contribution in [0.1, 0.15) is 51.5 Å². The molecule has 0 amide bonds. The monoisotopic (exact) mass is 551 g/mol. The van der Waals surface area contributed by atoms with Gasteiger partial charge in [0.05, 0.1) is 0 Å². The first kappa shape index (κ1) is 26.4. The molecule has 204 valence electrons. The van der Waals surface area contributed by atoms with Crippen LogP contribution in [0.4, 0.5) is 0 Å². The van der Waals surface area contributed by atoms with Gasteiger partial charge in [-0.1, -0.05) is 36.4 Å². The van der Waals surface area contributed by atoms with E-state index in [0.717, 1.165) is 50.6 Å². The highest BCUT2D eigenvalue weighted by Gasteiger charge is 2.26. The number of carbonyl (C=O) groups excluding carboxylic acids is 1. The lowest BCUT2D eigenvalue weighted by Gasteiger charge is -2.19. The zero-order valence-corrected chi connectivity index (χ0v) is 23.2. The molecule has 6 rings (SSSR count). The first-order chi connectivity index (χ1) is 19.6. The fourth-order valence-corrected chi connectivity index (χ4v) is 6.70. The molecule has 2 aliphatic rings. The number of thiophene rings is 1. The average molecular weight is 552 g/mol. The molecule has 3 aromatic carbocycles. The van der Waals surface area contributed by atoms with Gasteiger partial charge < -0.3 is 14.6 Å². The number of phenols is 1. The first-order valence-electron chi connectivity index (χ1n) is 13.9. The van der Waals surface area contributed by atoms with Crippen LogP contribution in [0.25, 0.3) is 10.1 Å². The number of nitrogens with zero attached hydrogens (tertiary/aromatic N) is 1. The van der Waals surface area contributed by atoms with Crippen LogP contribution < -0.4 is 4.74 Å². The predicted molar refractivity (Wildman–Crippen MR) is 160 cm³/mol. The van der Waals surface area contributed by atoms with Crippen molar-refractivity contribution in [3.63, 3.8) is 0 Å². The molecule has 1 saturated heterocycles. The largest absolute Gasteiger partial charge is 0.508 e. The minimum absolute atomic E-state index is 0.0377. The number of allylic oxidation sites excluding steroid dienone is 3. The molecule has 1 unspecified atom stereocenters. The molecule has 1 fully saturated rings. The van der Waals surface area contributed by atoms with Gasteiger partial charge >= 0.3 is 0 Å². The smallest absolute Gasteiger partial charge is 0.194 e. The molecule has 1 aliphatic heterocycles.